The van der Waals surface area contributed by atoms with Crippen molar-refractivity contribution in [3.8, 4) is 5.75 Å². The molecule has 0 aliphatic rings. The minimum Gasteiger partial charge on any atom is -0.495 e. The molecule has 1 heterocycles. The Morgan fingerprint density at radius 3 is 2.50 bits per heavy atom. The Bertz CT molecular complexity index is 835. The van der Waals surface area contributed by atoms with Gasteiger partial charge in [0.2, 0.25) is 10.0 Å². The number of methoxy groups -OCH3 is 1. The van der Waals surface area contributed by atoms with E-state index < -0.39 is 10.0 Å². The lowest BCUT2D eigenvalue weighted by Gasteiger charge is -2.14. The number of rotatable bonds is 6. The van der Waals surface area contributed by atoms with Crippen LogP contribution in [0.5, 0.6) is 5.75 Å². The number of hydrogen-bond donors (Lipinski definition) is 1. The standard InChI is InChI=1S/C16H22N4O3S/c1-11-6-7-13(23-5)14(8-11)24(21,22)17-10-15-18-12(2)9-16(19-15)20(3)4/h6-9,17H,10H2,1-5H3. The smallest absolute Gasteiger partial charge is 0.244 e. The van der Waals surface area contributed by atoms with Crippen LogP contribution in [0.1, 0.15) is 17.1 Å². The van der Waals surface area contributed by atoms with Crippen LogP contribution in [0.2, 0.25) is 0 Å². The molecule has 0 amide bonds. The largest absolute Gasteiger partial charge is 0.495 e. The summed E-state index contributed by atoms with van der Waals surface area (Å²) in [5.74, 6) is 1.44. The van der Waals surface area contributed by atoms with Crippen molar-refractivity contribution in [2.24, 2.45) is 0 Å². The third kappa shape index (κ3) is 4.21. The first kappa shape index (κ1) is 18.2. The maximum absolute atomic E-state index is 12.6. The van der Waals surface area contributed by atoms with Crippen LogP contribution in [-0.2, 0) is 16.6 Å². The van der Waals surface area contributed by atoms with E-state index in [1.807, 2.05) is 38.9 Å². The molecule has 0 bridgehead atoms. The lowest BCUT2D eigenvalue weighted by atomic mass is 10.2. The topological polar surface area (TPSA) is 84.4 Å². The summed E-state index contributed by atoms with van der Waals surface area (Å²) in [6, 6.07) is 6.84. The van der Waals surface area contributed by atoms with Crippen LogP contribution in [0.25, 0.3) is 0 Å². The maximum atomic E-state index is 12.6. The molecule has 1 N–H and O–H groups in total. The van der Waals surface area contributed by atoms with E-state index in [-0.39, 0.29) is 11.4 Å². The average molecular weight is 350 g/mol. The van der Waals surface area contributed by atoms with Crippen molar-refractivity contribution in [2.45, 2.75) is 25.3 Å². The van der Waals surface area contributed by atoms with E-state index in [2.05, 4.69) is 14.7 Å². The van der Waals surface area contributed by atoms with Gasteiger partial charge in [-0.25, -0.2) is 23.1 Å². The molecule has 0 aliphatic carbocycles. The van der Waals surface area contributed by atoms with Crippen LogP contribution in [0.3, 0.4) is 0 Å². The van der Waals surface area contributed by atoms with Crippen molar-refractivity contribution in [3.05, 3.63) is 41.3 Å². The summed E-state index contributed by atoms with van der Waals surface area (Å²) in [6.07, 6.45) is 0. The van der Waals surface area contributed by atoms with Gasteiger partial charge in [-0.05, 0) is 31.5 Å². The summed E-state index contributed by atoms with van der Waals surface area (Å²) in [5.41, 5.74) is 1.61. The van der Waals surface area contributed by atoms with Gasteiger partial charge in [-0.1, -0.05) is 6.07 Å². The first-order chi connectivity index (χ1) is 11.2. The van der Waals surface area contributed by atoms with Crippen LogP contribution < -0.4 is 14.4 Å². The Kier molecular flexibility index (Phi) is 5.40. The van der Waals surface area contributed by atoms with Gasteiger partial charge in [0.25, 0.3) is 0 Å². The predicted octanol–water partition coefficient (Wildman–Crippen LogP) is 1.65. The summed E-state index contributed by atoms with van der Waals surface area (Å²) in [7, 11) is 1.44. The molecule has 0 spiro atoms. The van der Waals surface area contributed by atoms with Crippen LogP contribution in [-0.4, -0.2) is 39.6 Å². The Hall–Kier alpha value is -2.19. The maximum Gasteiger partial charge on any atom is 0.244 e. The van der Waals surface area contributed by atoms with Crippen molar-refractivity contribution in [1.82, 2.24) is 14.7 Å². The number of aryl methyl sites for hydroxylation is 2. The molecule has 2 rings (SSSR count). The van der Waals surface area contributed by atoms with E-state index in [1.54, 1.807) is 18.2 Å². The third-order valence-corrected chi connectivity index (χ3v) is 4.80. The molecule has 2 aromatic rings. The van der Waals surface area contributed by atoms with Crippen molar-refractivity contribution < 1.29 is 13.2 Å². The van der Waals surface area contributed by atoms with Crippen LogP contribution in [0.15, 0.2) is 29.2 Å². The molecule has 0 unspecified atom stereocenters. The molecule has 130 valence electrons. The zero-order valence-electron chi connectivity index (χ0n) is 14.5. The van der Waals surface area contributed by atoms with Crippen LogP contribution >= 0.6 is 0 Å². The molecular weight excluding hydrogens is 328 g/mol. The molecule has 8 heteroatoms. The minimum atomic E-state index is -3.74. The molecule has 0 aliphatic heterocycles. The molecule has 0 saturated carbocycles. The number of anilines is 1. The Morgan fingerprint density at radius 2 is 1.88 bits per heavy atom. The number of sulfonamides is 1. The number of benzene rings is 1. The van der Waals surface area contributed by atoms with Gasteiger partial charge >= 0.3 is 0 Å². The van der Waals surface area contributed by atoms with Crippen LogP contribution in [0, 0.1) is 13.8 Å². The lowest BCUT2D eigenvalue weighted by molar-refractivity contribution is 0.402. The summed E-state index contributed by atoms with van der Waals surface area (Å²) in [6.45, 7) is 3.67. The van der Waals surface area contributed by atoms with Gasteiger partial charge in [-0.15, -0.1) is 0 Å². The molecule has 0 fully saturated rings. The predicted molar refractivity (Wildman–Crippen MR) is 92.9 cm³/mol. The van der Waals surface area contributed by atoms with E-state index in [0.717, 1.165) is 17.1 Å². The molecule has 1 aromatic heterocycles. The Morgan fingerprint density at radius 1 is 1.17 bits per heavy atom. The van der Waals surface area contributed by atoms with Gasteiger partial charge in [0.15, 0.2) is 0 Å². The van der Waals surface area contributed by atoms with E-state index in [9.17, 15) is 8.42 Å². The first-order valence-electron chi connectivity index (χ1n) is 7.39. The van der Waals surface area contributed by atoms with Gasteiger partial charge in [0.05, 0.1) is 13.7 Å². The fraction of sp³-hybridized carbons (Fsp3) is 0.375. The molecule has 7 nitrogen and oxygen atoms in total. The normalized spacial score (nSPS) is 11.4. The lowest BCUT2D eigenvalue weighted by Crippen LogP contribution is -2.25. The number of hydrogen-bond acceptors (Lipinski definition) is 6. The number of nitrogens with one attached hydrogen (secondary N) is 1. The highest BCUT2D eigenvalue weighted by atomic mass is 32.2. The molecule has 0 atom stereocenters. The molecule has 24 heavy (non-hydrogen) atoms. The highest BCUT2D eigenvalue weighted by molar-refractivity contribution is 7.89. The Labute approximate surface area is 142 Å². The average Bonchev–Trinajstić information content (AvgIpc) is 2.52. The van der Waals surface area contributed by atoms with Crippen molar-refractivity contribution in [3.63, 3.8) is 0 Å². The number of nitrogens with zero attached hydrogens (tertiary/aromatic N) is 3. The van der Waals surface area contributed by atoms with Gasteiger partial charge in [-0.2, -0.15) is 0 Å². The van der Waals surface area contributed by atoms with E-state index in [1.165, 1.54) is 7.11 Å². The molecule has 1 aromatic carbocycles. The second-order valence-electron chi connectivity index (χ2n) is 5.66. The van der Waals surface area contributed by atoms with Gasteiger partial charge in [0.1, 0.15) is 22.3 Å². The van der Waals surface area contributed by atoms with Gasteiger partial charge in [-0.3, -0.25) is 0 Å². The summed E-state index contributed by atoms with van der Waals surface area (Å²) >= 11 is 0. The van der Waals surface area contributed by atoms with Crippen LogP contribution in [0.4, 0.5) is 5.82 Å². The zero-order valence-corrected chi connectivity index (χ0v) is 15.3. The monoisotopic (exact) mass is 350 g/mol. The summed E-state index contributed by atoms with van der Waals surface area (Å²) < 4.78 is 32.9. The second kappa shape index (κ2) is 7.14. The minimum absolute atomic E-state index is 0.00193. The highest BCUT2D eigenvalue weighted by Crippen LogP contribution is 2.24. The summed E-state index contributed by atoms with van der Waals surface area (Å²) in [5, 5.41) is 0. The van der Waals surface area contributed by atoms with Crippen molar-refractivity contribution in [1.29, 1.82) is 0 Å². The SMILES string of the molecule is COc1ccc(C)cc1S(=O)(=O)NCc1nc(C)cc(N(C)C)n1. The quantitative estimate of drug-likeness (QED) is 0.853. The molecular formula is C16H22N4O3S. The first-order valence-corrected chi connectivity index (χ1v) is 8.87. The zero-order chi connectivity index (χ0) is 17.9. The fourth-order valence-corrected chi connectivity index (χ4v) is 3.38. The summed E-state index contributed by atoms with van der Waals surface area (Å²) in [4.78, 5) is 10.6. The second-order valence-corrected chi connectivity index (χ2v) is 7.39. The van der Waals surface area contributed by atoms with Crippen molar-refractivity contribution >= 4 is 15.8 Å². The van der Waals surface area contributed by atoms with Crippen molar-refractivity contribution in [2.75, 3.05) is 26.1 Å². The fourth-order valence-electron chi connectivity index (χ4n) is 2.15. The van der Waals surface area contributed by atoms with E-state index in [4.69, 9.17) is 4.74 Å². The van der Waals surface area contributed by atoms with Gasteiger partial charge < -0.3 is 9.64 Å². The van der Waals surface area contributed by atoms with E-state index in [0.29, 0.717) is 11.6 Å². The number of ether oxygens (including phenoxy) is 1. The Balaban J connectivity index is 2.27. The number of aromatic nitrogens is 2. The van der Waals surface area contributed by atoms with Gasteiger partial charge in [0, 0.05) is 25.9 Å². The molecule has 0 radical (unpaired) electrons. The third-order valence-electron chi connectivity index (χ3n) is 3.37. The molecule has 0 saturated heterocycles. The highest BCUT2D eigenvalue weighted by Gasteiger charge is 2.20. The van der Waals surface area contributed by atoms with E-state index >= 15 is 0 Å².